The zero-order valence-corrected chi connectivity index (χ0v) is 21.9. The summed E-state index contributed by atoms with van der Waals surface area (Å²) < 4.78 is 16.5. The molecule has 3 aromatic carbocycles. The van der Waals surface area contributed by atoms with Gasteiger partial charge in [-0.2, -0.15) is 0 Å². The van der Waals surface area contributed by atoms with Crippen LogP contribution in [-0.4, -0.2) is 37.1 Å². The molecule has 1 saturated heterocycles. The Hall–Kier alpha value is -4.26. The minimum Gasteiger partial charge on any atom is -0.507 e. The first kappa shape index (κ1) is 25.8. The fourth-order valence-electron chi connectivity index (χ4n) is 4.59. The largest absolute Gasteiger partial charge is 0.507 e. The summed E-state index contributed by atoms with van der Waals surface area (Å²) in [6.07, 6.45) is -0.00643. The van der Waals surface area contributed by atoms with Gasteiger partial charge in [0.2, 0.25) is 0 Å². The highest BCUT2D eigenvalue weighted by Gasteiger charge is 2.47. The molecule has 0 radical (unpaired) electrons. The number of rotatable bonds is 7. The number of hydrogen-bond acceptors (Lipinski definition) is 6. The van der Waals surface area contributed by atoms with Gasteiger partial charge in [-0.25, -0.2) is 0 Å². The van der Waals surface area contributed by atoms with Crippen molar-refractivity contribution < 1.29 is 28.9 Å². The zero-order chi connectivity index (χ0) is 26.9. The summed E-state index contributed by atoms with van der Waals surface area (Å²) in [6, 6.07) is 16.8. The van der Waals surface area contributed by atoms with Crippen LogP contribution in [0.15, 0.2) is 66.2 Å². The molecule has 4 rings (SSSR count). The van der Waals surface area contributed by atoms with Crippen LogP contribution in [0.1, 0.15) is 42.1 Å². The third-order valence-electron chi connectivity index (χ3n) is 6.34. The monoisotopic (exact) mass is 501 g/mol. The maximum Gasteiger partial charge on any atom is 0.300 e. The average molecular weight is 502 g/mol. The lowest BCUT2D eigenvalue weighted by Gasteiger charge is -2.26. The number of carbonyl (C=O) groups is 2. The highest BCUT2D eigenvalue weighted by Crippen LogP contribution is 2.44. The Labute approximate surface area is 216 Å². The van der Waals surface area contributed by atoms with E-state index in [0.717, 1.165) is 5.56 Å². The molecule has 1 heterocycles. The first-order valence-electron chi connectivity index (χ1n) is 12.0. The molecule has 0 aliphatic carbocycles. The molecule has 1 atom stereocenters. The predicted octanol–water partition coefficient (Wildman–Crippen LogP) is 5.73. The molecule has 1 unspecified atom stereocenters. The van der Waals surface area contributed by atoms with Gasteiger partial charge in [0.1, 0.15) is 23.0 Å². The number of aryl methyl sites for hydroxylation is 2. The Bertz CT molecular complexity index is 1370. The van der Waals surface area contributed by atoms with Gasteiger partial charge in [0.15, 0.2) is 0 Å². The normalized spacial score (nSPS) is 16.8. The summed E-state index contributed by atoms with van der Waals surface area (Å²) in [5.74, 6) is 0.160. The highest BCUT2D eigenvalue weighted by molar-refractivity contribution is 6.51. The van der Waals surface area contributed by atoms with Gasteiger partial charge in [0, 0.05) is 11.3 Å². The zero-order valence-electron chi connectivity index (χ0n) is 21.9. The number of methoxy groups -OCH3 is 2. The Morgan fingerprint density at radius 1 is 0.892 bits per heavy atom. The summed E-state index contributed by atoms with van der Waals surface area (Å²) in [4.78, 5) is 28.3. The Morgan fingerprint density at radius 2 is 1.59 bits per heavy atom. The van der Waals surface area contributed by atoms with E-state index < -0.39 is 17.7 Å². The molecule has 0 saturated carbocycles. The molecule has 1 N–H and O–H groups in total. The average Bonchev–Trinajstić information content (AvgIpc) is 3.15. The van der Waals surface area contributed by atoms with Crippen molar-refractivity contribution in [3.8, 4) is 17.2 Å². The number of aliphatic hydroxyl groups is 1. The van der Waals surface area contributed by atoms with Crippen LogP contribution in [0, 0.1) is 13.8 Å². The Balaban J connectivity index is 1.92. The van der Waals surface area contributed by atoms with Crippen LogP contribution in [0.25, 0.3) is 5.76 Å². The van der Waals surface area contributed by atoms with Crippen molar-refractivity contribution in [3.63, 3.8) is 0 Å². The molecular formula is C30H31NO6. The second-order valence-corrected chi connectivity index (χ2v) is 9.24. The maximum absolute atomic E-state index is 13.5. The summed E-state index contributed by atoms with van der Waals surface area (Å²) in [7, 11) is 3.13. The molecular weight excluding hydrogens is 470 g/mol. The van der Waals surface area contributed by atoms with Gasteiger partial charge < -0.3 is 19.3 Å². The third-order valence-corrected chi connectivity index (χ3v) is 6.34. The van der Waals surface area contributed by atoms with Crippen molar-refractivity contribution >= 4 is 23.1 Å². The molecule has 1 aliphatic rings. The van der Waals surface area contributed by atoms with E-state index >= 15 is 0 Å². The fraction of sp³-hybridized carbons (Fsp3) is 0.267. The highest BCUT2D eigenvalue weighted by atomic mass is 16.5. The SMILES string of the molecule is COc1cccc(C2/C(=C(\O)c3cc(C)c(OC)cc3C)C(=O)C(=O)N2c2ccc(OC(C)C)cc2)c1. The van der Waals surface area contributed by atoms with Gasteiger partial charge in [-0.1, -0.05) is 12.1 Å². The lowest BCUT2D eigenvalue weighted by molar-refractivity contribution is -0.132. The minimum atomic E-state index is -0.867. The molecule has 7 nitrogen and oxygen atoms in total. The number of aliphatic hydroxyl groups excluding tert-OH is 1. The fourth-order valence-corrected chi connectivity index (χ4v) is 4.59. The number of amides is 1. The Morgan fingerprint density at radius 3 is 2.22 bits per heavy atom. The van der Waals surface area contributed by atoms with E-state index in [1.165, 1.54) is 4.90 Å². The van der Waals surface area contributed by atoms with E-state index in [0.29, 0.717) is 39.6 Å². The van der Waals surface area contributed by atoms with Gasteiger partial charge in [0.05, 0.1) is 31.9 Å². The summed E-state index contributed by atoms with van der Waals surface area (Å²) in [5.41, 5.74) is 3.12. The lowest BCUT2D eigenvalue weighted by atomic mass is 9.93. The quantitative estimate of drug-likeness (QED) is 0.253. The molecule has 1 aliphatic heterocycles. The number of hydrogen-bond donors (Lipinski definition) is 1. The van der Waals surface area contributed by atoms with Crippen LogP contribution in [0.4, 0.5) is 5.69 Å². The van der Waals surface area contributed by atoms with E-state index in [1.54, 1.807) is 68.8 Å². The van der Waals surface area contributed by atoms with Crippen molar-refractivity contribution in [3.05, 3.63) is 88.5 Å². The predicted molar refractivity (Wildman–Crippen MR) is 142 cm³/mol. The third kappa shape index (κ3) is 4.89. The summed E-state index contributed by atoms with van der Waals surface area (Å²) in [6.45, 7) is 7.53. The van der Waals surface area contributed by atoms with Gasteiger partial charge >= 0.3 is 0 Å². The van der Waals surface area contributed by atoms with E-state index in [-0.39, 0.29) is 17.4 Å². The minimum absolute atomic E-state index is 0.00643. The van der Waals surface area contributed by atoms with Gasteiger partial charge in [-0.3, -0.25) is 14.5 Å². The molecule has 37 heavy (non-hydrogen) atoms. The van der Waals surface area contributed by atoms with Crippen LogP contribution in [0.3, 0.4) is 0 Å². The molecule has 3 aromatic rings. The van der Waals surface area contributed by atoms with Crippen molar-refractivity contribution in [2.24, 2.45) is 0 Å². The second kappa shape index (κ2) is 10.4. The number of benzene rings is 3. The van der Waals surface area contributed by atoms with Crippen LogP contribution in [0.5, 0.6) is 17.2 Å². The molecule has 1 fully saturated rings. The number of Topliss-reactive ketones (excluding diaryl/α,β-unsaturated/α-hetero) is 1. The van der Waals surface area contributed by atoms with Gasteiger partial charge in [0.25, 0.3) is 11.7 Å². The number of ether oxygens (including phenoxy) is 3. The topological polar surface area (TPSA) is 85.3 Å². The molecule has 0 bridgehead atoms. The van der Waals surface area contributed by atoms with Crippen LogP contribution in [-0.2, 0) is 9.59 Å². The van der Waals surface area contributed by atoms with Crippen molar-refractivity contribution in [1.82, 2.24) is 0 Å². The van der Waals surface area contributed by atoms with Gasteiger partial charge in [-0.05, 0) is 92.9 Å². The molecule has 0 aromatic heterocycles. The van der Waals surface area contributed by atoms with E-state index in [2.05, 4.69) is 0 Å². The second-order valence-electron chi connectivity index (χ2n) is 9.24. The maximum atomic E-state index is 13.5. The van der Waals surface area contributed by atoms with E-state index in [1.807, 2.05) is 33.8 Å². The van der Waals surface area contributed by atoms with Crippen LogP contribution < -0.4 is 19.1 Å². The van der Waals surface area contributed by atoms with Crippen LogP contribution >= 0.6 is 0 Å². The van der Waals surface area contributed by atoms with Gasteiger partial charge in [-0.15, -0.1) is 0 Å². The van der Waals surface area contributed by atoms with E-state index in [9.17, 15) is 14.7 Å². The first-order chi connectivity index (χ1) is 17.7. The van der Waals surface area contributed by atoms with Crippen LogP contribution in [0.2, 0.25) is 0 Å². The Kier molecular flexibility index (Phi) is 7.25. The van der Waals surface area contributed by atoms with Crippen molar-refractivity contribution in [2.45, 2.75) is 39.8 Å². The number of ketones is 1. The lowest BCUT2D eigenvalue weighted by Crippen LogP contribution is -2.29. The first-order valence-corrected chi connectivity index (χ1v) is 12.0. The van der Waals surface area contributed by atoms with E-state index in [4.69, 9.17) is 14.2 Å². The molecule has 7 heteroatoms. The smallest absolute Gasteiger partial charge is 0.300 e. The summed E-state index contributed by atoms with van der Waals surface area (Å²) >= 11 is 0. The molecule has 192 valence electrons. The molecule has 1 amide bonds. The number of anilines is 1. The number of nitrogens with zero attached hydrogens (tertiary/aromatic N) is 1. The standard InChI is InChI=1S/C30H31NO6/c1-17(2)37-22-12-10-21(11-13-22)31-27(20-8-7-9-23(16-20)35-5)26(29(33)30(31)34)28(32)24-14-19(4)25(36-6)15-18(24)3/h7-17,27,32H,1-6H3/b28-26+. The number of carbonyl (C=O) groups excluding carboxylic acids is 2. The van der Waals surface area contributed by atoms with Crippen molar-refractivity contribution in [1.29, 1.82) is 0 Å². The molecule has 0 spiro atoms. The summed E-state index contributed by atoms with van der Waals surface area (Å²) in [5, 5.41) is 11.5. The van der Waals surface area contributed by atoms with Crippen molar-refractivity contribution in [2.75, 3.05) is 19.1 Å².